The van der Waals surface area contributed by atoms with Gasteiger partial charge in [-0.1, -0.05) is 18.2 Å². The first-order chi connectivity index (χ1) is 14.1. The number of halogens is 1. The minimum atomic E-state index is -1.09. The molecular weight excluding hydrogens is 391 g/mol. The summed E-state index contributed by atoms with van der Waals surface area (Å²) >= 11 is 1.49. The van der Waals surface area contributed by atoms with Gasteiger partial charge in [-0.15, -0.1) is 11.8 Å². The molecule has 7 heteroatoms. The average molecular weight is 412 g/mol. The molecule has 1 atom stereocenters. The molecule has 5 nitrogen and oxygen atoms in total. The third kappa shape index (κ3) is 2.74. The summed E-state index contributed by atoms with van der Waals surface area (Å²) in [6, 6.07) is 12.0. The van der Waals surface area contributed by atoms with Crippen LogP contribution >= 0.6 is 11.8 Å². The quantitative estimate of drug-likeness (QED) is 0.771. The molecule has 2 fully saturated rings. The van der Waals surface area contributed by atoms with E-state index in [4.69, 9.17) is 4.74 Å². The minimum Gasteiger partial charge on any atom is -0.497 e. The molecule has 1 saturated heterocycles. The summed E-state index contributed by atoms with van der Waals surface area (Å²) in [4.78, 5) is 29.1. The van der Waals surface area contributed by atoms with Crippen molar-refractivity contribution in [2.45, 2.75) is 24.3 Å². The van der Waals surface area contributed by atoms with Gasteiger partial charge in [0.2, 0.25) is 5.91 Å². The lowest BCUT2D eigenvalue weighted by Crippen LogP contribution is -2.50. The number of ether oxygens (including phenoxy) is 1. The predicted molar refractivity (Wildman–Crippen MR) is 109 cm³/mol. The number of carbonyl (C=O) groups excluding carboxylic acids is 2. The fourth-order valence-electron chi connectivity index (χ4n) is 4.25. The van der Waals surface area contributed by atoms with Crippen molar-refractivity contribution in [1.29, 1.82) is 0 Å². The maximum absolute atomic E-state index is 14.3. The van der Waals surface area contributed by atoms with Crippen LogP contribution in [-0.4, -0.2) is 36.1 Å². The molecule has 2 amide bonds. The van der Waals surface area contributed by atoms with Crippen molar-refractivity contribution in [3.8, 4) is 5.75 Å². The van der Waals surface area contributed by atoms with Crippen LogP contribution < -0.4 is 9.64 Å². The molecule has 2 aliphatic heterocycles. The van der Waals surface area contributed by atoms with E-state index in [0.29, 0.717) is 29.3 Å². The van der Waals surface area contributed by atoms with E-state index < -0.39 is 4.87 Å². The minimum absolute atomic E-state index is 0.0213. The van der Waals surface area contributed by atoms with Crippen molar-refractivity contribution in [2.75, 3.05) is 24.3 Å². The van der Waals surface area contributed by atoms with Crippen LogP contribution in [0.15, 0.2) is 42.5 Å². The number of benzene rings is 2. The number of hydrogen-bond donors (Lipinski definition) is 0. The van der Waals surface area contributed by atoms with Crippen molar-refractivity contribution in [1.82, 2.24) is 4.90 Å². The molecule has 150 valence electrons. The molecule has 0 unspecified atom stereocenters. The number of rotatable bonds is 4. The number of hydrogen-bond acceptors (Lipinski definition) is 4. The second-order valence-electron chi connectivity index (χ2n) is 7.62. The van der Waals surface area contributed by atoms with Gasteiger partial charge in [-0.05, 0) is 37.1 Å². The highest BCUT2D eigenvalue weighted by Crippen LogP contribution is 2.56. The van der Waals surface area contributed by atoms with Crippen LogP contribution in [-0.2, 0) is 21.0 Å². The lowest BCUT2D eigenvalue weighted by molar-refractivity contribution is -0.141. The van der Waals surface area contributed by atoms with Crippen molar-refractivity contribution in [3.63, 3.8) is 0 Å². The van der Waals surface area contributed by atoms with E-state index >= 15 is 0 Å². The molecule has 0 aromatic heterocycles. The normalized spacial score (nSPS) is 23.0. The summed E-state index contributed by atoms with van der Waals surface area (Å²) in [5.41, 5.74) is 1.92. The van der Waals surface area contributed by atoms with Crippen LogP contribution in [0.2, 0.25) is 0 Å². The van der Waals surface area contributed by atoms with Gasteiger partial charge in [0, 0.05) is 29.3 Å². The van der Waals surface area contributed by atoms with E-state index in [-0.39, 0.29) is 30.1 Å². The van der Waals surface area contributed by atoms with Crippen molar-refractivity contribution in [3.05, 3.63) is 59.4 Å². The number of thioether (sulfide) groups is 1. The zero-order valence-electron chi connectivity index (χ0n) is 16.1. The Kier molecular flexibility index (Phi) is 4.31. The molecular formula is C22H21FN2O3S. The standard InChI is InChI=1S/C22H21FN2O3S/c1-28-16-8-9-19-17(12-16)22(25(10-11-29-22)20(26)14-6-7-14)21(27)24(19)13-15-4-2-3-5-18(15)23/h2-5,8-9,12,14H,6-7,10-11,13H2,1H3/t22-/m1/s1. The smallest absolute Gasteiger partial charge is 0.268 e. The Balaban J connectivity index is 1.62. The fraction of sp³-hybridized carbons (Fsp3) is 0.364. The summed E-state index contributed by atoms with van der Waals surface area (Å²) < 4.78 is 19.7. The zero-order chi connectivity index (χ0) is 20.2. The lowest BCUT2D eigenvalue weighted by Gasteiger charge is -2.33. The Labute approximate surface area is 172 Å². The Morgan fingerprint density at radius 1 is 1.28 bits per heavy atom. The van der Waals surface area contributed by atoms with Crippen molar-refractivity contribution in [2.24, 2.45) is 5.92 Å². The first-order valence-corrected chi connectivity index (χ1v) is 10.7. The summed E-state index contributed by atoms with van der Waals surface area (Å²) in [5.74, 6) is 0.865. The molecule has 1 saturated carbocycles. The Hall–Kier alpha value is -2.54. The van der Waals surface area contributed by atoms with Crippen molar-refractivity contribution >= 4 is 29.3 Å². The van der Waals surface area contributed by atoms with E-state index in [0.717, 1.165) is 18.4 Å². The van der Waals surface area contributed by atoms with E-state index in [1.807, 2.05) is 12.1 Å². The molecule has 1 aliphatic carbocycles. The van der Waals surface area contributed by atoms with Crippen LogP contribution in [0, 0.1) is 11.7 Å². The van der Waals surface area contributed by atoms with Crippen molar-refractivity contribution < 1.29 is 18.7 Å². The van der Waals surface area contributed by atoms with Gasteiger partial charge in [0.15, 0.2) is 4.87 Å². The first-order valence-electron chi connectivity index (χ1n) is 9.75. The number of carbonyl (C=O) groups is 2. The molecule has 0 N–H and O–H groups in total. The second-order valence-corrected chi connectivity index (χ2v) is 8.91. The Morgan fingerprint density at radius 2 is 2.07 bits per heavy atom. The zero-order valence-corrected chi connectivity index (χ0v) is 16.9. The highest BCUT2D eigenvalue weighted by atomic mass is 32.2. The maximum Gasteiger partial charge on any atom is 0.268 e. The van der Waals surface area contributed by atoms with Crippen LogP contribution in [0.4, 0.5) is 10.1 Å². The van der Waals surface area contributed by atoms with Gasteiger partial charge in [0.05, 0.1) is 19.3 Å². The van der Waals surface area contributed by atoms with Gasteiger partial charge >= 0.3 is 0 Å². The number of anilines is 1. The van der Waals surface area contributed by atoms with Crippen LogP contribution in [0.3, 0.4) is 0 Å². The van der Waals surface area contributed by atoms with E-state index in [1.165, 1.54) is 17.8 Å². The third-order valence-corrected chi connectivity index (χ3v) is 7.30. The van der Waals surface area contributed by atoms with E-state index in [9.17, 15) is 14.0 Å². The predicted octanol–water partition coefficient (Wildman–Crippen LogP) is 3.52. The average Bonchev–Trinajstić information content (AvgIpc) is 3.45. The van der Waals surface area contributed by atoms with Crippen LogP contribution in [0.25, 0.3) is 0 Å². The number of nitrogens with zero attached hydrogens (tertiary/aromatic N) is 2. The Bertz CT molecular complexity index is 1010. The van der Waals surface area contributed by atoms with Crippen LogP contribution in [0.1, 0.15) is 24.0 Å². The highest BCUT2D eigenvalue weighted by Gasteiger charge is 2.60. The molecule has 2 heterocycles. The molecule has 2 aromatic carbocycles. The molecule has 1 spiro atoms. The SMILES string of the molecule is COc1ccc2c(c1)[C@@]1(SCCN1C(=O)C1CC1)C(=O)N2Cc1ccccc1F. The summed E-state index contributed by atoms with van der Waals surface area (Å²) in [5, 5.41) is 0. The molecule has 5 rings (SSSR count). The van der Waals surface area contributed by atoms with Gasteiger partial charge < -0.3 is 14.5 Å². The number of fused-ring (bicyclic) bond motifs is 2. The summed E-state index contributed by atoms with van der Waals surface area (Å²) in [7, 11) is 1.58. The Morgan fingerprint density at radius 3 is 2.79 bits per heavy atom. The van der Waals surface area contributed by atoms with Gasteiger partial charge in [-0.25, -0.2) is 4.39 Å². The summed E-state index contributed by atoms with van der Waals surface area (Å²) in [6.45, 7) is 0.661. The largest absolute Gasteiger partial charge is 0.497 e. The molecule has 0 radical (unpaired) electrons. The van der Waals surface area contributed by atoms with Gasteiger partial charge in [0.25, 0.3) is 5.91 Å². The lowest BCUT2D eigenvalue weighted by atomic mass is 10.0. The highest BCUT2D eigenvalue weighted by molar-refractivity contribution is 8.01. The monoisotopic (exact) mass is 412 g/mol. The second kappa shape index (κ2) is 6.76. The van der Waals surface area contributed by atoms with Gasteiger partial charge in [0.1, 0.15) is 11.6 Å². The topological polar surface area (TPSA) is 49.9 Å². The van der Waals surface area contributed by atoms with E-state index in [2.05, 4.69) is 0 Å². The van der Waals surface area contributed by atoms with Crippen LogP contribution in [0.5, 0.6) is 5.75 Å². The van der Waals surface area contributed by atoms with Gasteiger partial charge in [-0.3, -0.25) is 9.59 Å². The summed E-state index contributed by atoms with van der Waals surface area (Å²) in [6.07, 6.45) is 1.77. The number of methoxy groups -OCH3 is 1. The maximum atomic E-state index is 14.3. The molecule has 0 bridgehead atoms. The fourth-order valence-corrected chi connectivity index (χ4v) is 5.71. The molecule has 2 aromatic rings. The van der Waals surface area contributed by atoms with Gasteiger partial charge in [-0.2, -0.15) is 0 Å². The molecule has 3 aliphatic rings. The molecule has 29 heavy (non-hydrogen) atoms. The van der Waals surface area contributed by atoms with E-state index in [1.54, 1.807) is 41.2 Å². The third-order valence-electron chi connectivity index (χ3n) is 5.88. The first kappa shape index (κ1) is 18.5. The number of amides is 2.